The SMILES string of the molecule is CC(CC=O)C(Cc1ccc(OCc2ccccc2)cc1F)C(=O)O. The van der Waals surface area contributed by atoms with Gasteiger partial charge in [0, 0.05) is 12.5 Å². The quantitative estimate of drug-likeness (QED) is 0.701. The molecule has 2 aromatic carbocycles. The first kappa shape index (κ1) is 18.6. The predicted molar refractivity (Wildman–Crippen MR) is 91.8 cm³/mol. The Bertz CT molecular complexity index is 715. The third-order valence-electron chi connectivity index (χ3n) is 4.18. The van der Waals surface area contributed by atoms with Crippen LogP contribution in [0.25, 0.3) is 0 Å². The minimum absolute atomic E-state index is 0.0368. The van der Waals surface area contributed by atoms with Crippen LogP contribution in [0.4, 0.5) is 4.39 Å². The molecular formula is C20H21FO4. The smallest absolute Gasteiger partial charge is 0.307 e. The van der Waals surface area contributed by atoms with E-state index in [0.29, 0.717) is 24.2 Å². The molecule has 2 atom stereocenters. The Hall–Kier alpha value is -2.69. The maximum atomic E-state index is 14.3. The molecule has 1 N–H and O–H groups in total. The molecule has 0 radical (unpaired) electrons. The van der Waals surface area contributed by atoms with E-state index < -0.39 is 17.7 Å². The normalized spacial score (nSPS) is 13.0. The Morgan fingerprint density at radius 3 is 2.56 bits per heavy atom. The van der Waals surface area contributed by atoms with Gasteiger partial charge in [-0.05, 0) is 29.5 Å². The predicted octanol–water partition coefficient (Wildman–Crippen LogP) is 3.87. The van der Waals surface area contributed by atoms with E-state index >= 15 is 0 Å². The average Bonchev–Trinajstić information content (AvgIpc) is 2.60. The number of halogens is 1. The summed E-state index contributed by atoms with van der Waals surface area (Å²) in [4.78, 5) is 22.0. The highest BCUT2D eigenvalue weighted by Gasteiger charge is 2.26. The van der Waals surface area contributed by atoms with Gasteiger partial charge in [0.05, 0.1) is 5.92 Å². The molecule has 0 heterocycles. The van der Waals surface area contributed by atoms with Gasteiger partial charge in [0.2, 0.25) is 0 Å². The molecule has 2 rings (SSSR count). The van der Waals surface area contributed by atoms with Gasteiger partial charge in [0.25, 0.3) is 0 Å². The molecule has 0 aliphatic heterocycles. The van der Waals surface area contributed by atoms with E-state index in [4.69, 9.17) is 4.74 Å². The number of aliphatic carboxylic acids is 1. The van der Waals surface area contributed by atoms with Crippen molar-refractivity contribution in [3.8, 4) is 5.75 Å². The van der Waals surface area contributed by atoms with Crippen LogP contribution in [0, 0.1) is 17.7 Å². The summed E-state index contributed by atoms with van der Waals surface area (Å²) < 4.78 is 19.9. The maximum absolute atomic E-state index is 14.3. The number of rotatable bonds is 9. The van der Waals surface area contributed by atoms with Gasteiger partial charge in [-0.25, -0.2) is 4.39 Å². The zero-order chi connectivity index (χ0) is 18.2. The van der Waals surface area contributed by atoms with Crippen molar-refractivity contribution in [2.45, 2.75) is 26.4 Å². The van der Waals surface area contributed by atoms with E-state index in [9.17, 15) is 19.1 Å². The lowest BCUT2D eigenvalue weighted by Crippen LogP contribution is -2.24. The summed E-state index contributed by atoms with van der Waals surface area (Å²) in [7, 11) is 0. The largest absolute Gasteiger partial charge is 0.489 e. The number of hydrogen-bond donors (Lipinski definition) is 1. The van der Waals surface area contributed by atoms with Crippen molar-refractivity contribution in [1.29, 1.82) is 0 Å². The highest BCUT2D eigenvalue weighted by molar-refractivity contribution is 5.71. The van der Waals surface area contributed by atoms with Crippen molar-refractivity contribution in [1.82, 2.24) is 0 Å². The minimum atomic E-state index is -1.03. The van der Waals surface area contributed by atoms with Gasteiger partial charge in [-0.2, -0.15) is 0 Å². The lowest BCUT2D eigenvalue weighted by molar-refractivity contribution is -0.143. The molecule has 0 saturated carbocycles. The molecule has 132 valence electrons. The number of carboxylic acids is 1. The summed E-state index contributed by atoms with van der Waals surface area (Å²) in [6, 6.07) is 14.0. The van der Waals surface area contributed by atoms with Crippen molar-refractivity contribution in [3.63, 3.8) is 0 Å². The second kappa shape index (κ2) is 8.97. The first-order valence-electron chi connectivity index (χ1n) is 8.13. The number of hydrogen-bond acceptors (Lipinski definition) is 3. The molecule has 0 spiro atoms. The van der Waals surface area contributed by atoms with E-state index in [-0.39, 0.29) is 18.8 Å². The van der Waals surface area contributed by atoms with E-state index in [1.807, 2.05) is 30.3 Å². The molecule has 0 aliphatic rings. The van der Waals surface area contributed by atoms with Gasteiger partial charge >= 0.3 is 5.97 Å². The fourth-order valence-electron chi connectivity index (χ4n) is 2.61. The third kappa shape index (κ3) is 5.41. The summed E-state index contributed by atoms with van der Waals surface area (Å²) in [5.41, 5.74) is 1.28. The van der Waals surface area contributed by atoms with Crippen molar-refractivity contribution in [3.05, 3.63) is 65.5 Å². The van der Waals surface area contributed by atoms with Crippen LogP contribution < -0.4 is 4.74 Å². The number of aldehydes is 1. The van der Waals surface area contributed by atoms with Gasteiger partial charge in [-0.1, -0.05) is 43.3 Å². The topological polar surface area (TPSA) is 63.6 Å². The number of ether oxygens (including phenoxy) is 1. The van der Waals surface area contributed by atoms with Crippen LogP contribution in [0.3, 0.4) is 0 Å². The molecule has 0 amide bonds. The van der Waals surface area contributed by atoms with Crippen molar-refractivity contribution >= 4 is 12.3 Å². The lowest BCUT2D eigenvalue weighted by Gasteiger charge is -2.18. The zero-order valence-electron chi connectivity index (χ0n) is 14.0. The molecule has 25 heavy (non-hydrogen) atoms. The number of carbonyl (C=O) groups is 2. The number of benzene rings is 2. The van der Waals surface area contributed by atoms with Crippen molar-refractivity contribution in [2.24, 2.45) is 11.8 Å². The summed E-state index contributed by atoms with van der Waals surface area (Å²) in [5, 5.41) is 9.32. The molecule has 2 aromatic rings. The van der Waals surface area contributed by atoms with Crippen molar-refractivity contribution < 1.29 is 23.8 Å². The second-order valence-electron chi connectivity index (χ2n) is 6.06. The van der Waals surface area contributed by atoms with Gasteiger partial charge < -0.3 is 14.6 Å². The van der Waals surface area contributed by atoms with E-state index in [0.717, 1.165) is 5.56 Å². The molecule has 4 nitrogen and oxygen atoms in total. The summed E-state index contributed by atoms with van der Waals surface area (Å²) in [6.07, 6.45) is 0.865. The van der Waals surface area contributed by atoms with Gasteiger partial charge in [-0.3, -0.25) is 4.79 Å². The van der Waals surface area contributed by atoms with Crippen LogP contribution in [0.1, 0.15) is 24.5 Å². The first-order chi connectivity index (χ1) is 12.0. The van der Waals surface area contributed by atoms with Gasteiger partial charge in [-0.15, -0.1) is 0 Å². The Kier molecular flexibility index (Phi) is 6.69. The Morgan fingerprint density at radius 1 is 1.24 bits per heavy atom. The molecule has 2 unspecified atom stereocenters. The monoisotopic (exact) mass is 344 g/mol. The van der Waals surface area contributed by atoms with Crippen LogP contribution in [-0.2, 0) is 22.6 Å². The Labute approximate surface area is 146 Å². The standard InChI is InChI=1S/C20H21FO4/c1-14(9-10-22)18(20(23)24)11-16-7-8-17(12-19(16)21)25-13-15-5-3-2-4-6-15/h2-8,10,12,14,18H,9,11,13H2,1H3,(H,23,24). The molecule has 5 heteroatoms. The van der Waals surface area contributed by atoms with E-state index in [1.54, 1.807) is 19.1 Å². The van der Waals surface area contributed by atoms with Crippen LogP contribution in [0.2, 0.25) is 0 Å². The fourth-order valence-corrected chi connectivity index (χ4v) is 2.61. The number of carboxylic acid groups (broad SMARTS) is 1. The molecule has 0 saturated heterocycles. The van der Waals surface area contributed by atoms with E-state index in [1.165, 1.54) is 6.07 Å². The number of carbonyl (C=O) groups excluding carboxylic acids is 1. The van der Waals surface area contributed by atoms with Crippen LogP contribution in [0.5, 0.6) is 5.75 Å². The summed E-state index contributed by atoms with van der Waals surface area (Å²) >= 11 is 0. The first-order valence-corrected chi connectivity index (χ1v) is 8.13. The summed E-state index contributed by atoms with van der Waals surface area (Å²) in [6.45, 7) is 2.01. The van der Waals surface area contributed by atoms with Crippen LogP contribution >= 0.6 is 0 Å². The zero-order valence-corrected chi connectivity index (χ0v) is 14.0. The third-order valence-corrected chi connectivity index (χ3v) is 4.18. The summed E-state index contributed by atoms with van der Waals surface area (Å²) in [5.74, 6) is -2.31. The second-order valence-corrected chi connectivity index (χ2v) is 6.06. The highest BCUT2D eigenvalue weighted by atomic mass is 19.1. The van der Waals surface area contributed by atoms with Gasteiger partial charge in [0.1, 0.15) is 24.5 Å². The molecule has 0 fully saturated rings. The molecule has 0 aromatic heterocycles. The highest BCUT2D eigenvalue weighted by Crippen LogP contribution is 2.24. The Balaban J connectivity index is 2.05. The van der Waals surface area contributed by atoms with Crippen LogP contribution in [-0.4, -0.2) is 17.4 Å². The van der Waals surface area contributed by atoms with Gasteiger partial charge in [0.15, 0.2) is 0 Å². The molecule has 0 bridgehead atoms. The molecular weight excluding hydrogens is 323 g/mol. The maximum Gasteiger partial charge on any atom is 0.307 e. The molecule has 0 aliphatic carbocycles. The lowest BCUT2D eigenvalue weighted by atomic mass is 9.86. The van der Waals surface area contributed by atoms with E-state index in [2.05, 4.69) is 0 Å². The average molecular weight is 344 g/mol. The van der Waals surface area contributed by atoms with Crippen LogP contribution in [0.15, 0.2) is 48.5 Å². The fraction of sp³-hybridized carbons (Fsp3) is 0.300. The Morgan fingerprint density at radius 2 is 1.96 bits per heavy atom. The van der Waals surface area contributed by atoms with Crippen molar-refractivity contribution in [2.75, 3.05) is 0 Å². The minimum Gasteiger partial charge on any atom is -0.489 e.